The maximum absolute atomic E-state index is 12.8. The molecule has 0 saturated carbocycles. The lowest BCUT2D eigenvalue weighted by Gasteiger charge is -2.22. The molecular formula is C11H14F3NO. The largest absolute Gasteiger partial charge is 0.396 e. The lowest BCUT2D eigenvalue weighted by Crippen LogP contribution is -2.26. The molecular weight excluding hydrogens is 219 g/mol. The SMILES string of the molecule is CC(C)(CO)CNc1cc(F)c(F)c(F)c1. The molecule has 1 aromatic carbocycles. The molecule has 0 atom stereocenters. The van der Waals surface area contributed by atoms with Gasteiger partial charge in [0.25, 0.3) is 0 Å². The first kappa shape index (κ1) is 12.8. The van der Waals surface area contributed by atoms with Gasteiger partial charge in [-0.3, -0.25) is 0 Å². The zero-order valence-corrected chi connectivity index (χ0v) is 9.15. The molecule has 0 aliphatic rings. The number of benzene rings is 1. The normalized spacial score (nSPS) is 11.6. The average molecular weight is 233 g/mol. The zero-order chi connectivity index (χ0) is 12.3. The van der Waals surface area contributed by atoms with Crippen molar-refractivity contribution >= 4 is 5.69 Å². The van der Waals surface area contributed by atoms with E-state index in [9.17, 15) is 13.2 Å². The first-order valence-electron chi connectivity index (χ1n) is 4.85. The minimum atomic E-state index is -1.48. The number of rotatable bonds is 4. The summed E-state index contributed by atoms with van der Waals surface area (Å²) in [5.41, 5.74) is -0.264. The fourth-order valence-electron chi connectivity index (χ4n) is 1.05. The Bertz CT molecular complexity index is 356. The molecule has 0 spiro atoms. The zero-order valence-electron chi connectivity index (χ0n) is 9.15. The summed E-state index contributed by atoms with van der Waals surface area (Å²) in [6, 6.07) is 1.76. The molecule has 90 valence electrons. The van der Waals surface area contributed by atoms with E-state index < -0.39 is 22.9 Å². The van der Waals surface area contributed by atoms with Gasteiger partial charge in [0.05, 0.1) is 0 Å². The predicted molar refractivity (Wildman–Crippen MR) is 55.7 cm³/mol. The van der Waals surface area contributed by atoms with Crippen LogP contribution in [0.3, 0.4) is 0 Å². The van der Waals surface area contributed by atoms with Crippen molar-refractivity contribution in [2.24, 2.45) is 5.41 Å². The second-order valence-electron chi connectivity index (χ2n) is 4.43. The maximum Gasteiger partial charge on any atom is 0.194 e. The highest BCUT2D eigenvalue weighted by molar-refractivity contribution is 5.44. The number of aliphatic hydroxyl groups excluding tert-OH is 1. The second kappa shape index (κ2) is 4.74. The van der Waals surface area contributed by atoms with E-state index in [0.717, 1.165) is 12.1 Å². The number of anilines is 1. The summed E-state index contributed by atoms with van der Waals surface area (Å²) in [5.74, 6) is -3.94. The number of nitrogens with one attached hydrogen (secondary N) is 1. The van der Waals surface area contributed by atoms with Gasteiger partial charge in [0.2, 0.25) is 0 Å². The molecule has 5 heteroatoms. The summed E-state index contributed by atoms with van der Waals surface area (Å²) in [5, 5.41) is 11.7. The third-order valence-electron chi connectivity index (χ3n) is 2.18. The number of hydrogen-bond acceptors (Lipinski definition) is 2. The highest BCUT2D eigenvalue weighted by Gasteiger charge is 2.17. The summed E-state index contributed by atoms with van der Waals surface area (Å²) in [4.78, 5) is 0. The van der Waals surface area contributed by atoms with E-state index in [1.165, 1.54) is 0 Å². The molecule has 0 unspecified atom stereocenters. The van der Waals surface area contributed by atoms with E-state index in [1.807, 2.05) is 0 Å². The summed E-state index contributed by atoms with van der Waals surface area (Å²) in [6.45, 7) is 3.84. The van der Waals surface area contributed by atoms with Gasteiger partial charge in [0.15, 0.2) is 17.5 Å². The smallest absolute Gasteiger partial charge is 0.194 e. The molecule has 0 aromatic heterocycles. The van der Waals surface area contributed by atoms with Gasteiger partial charge in [-0.1, -0.05) is 13.8 Å². The van der Waals surface area contributed by atoms with Crippen LogP contribution in [0.2, 0.25) is 0 Å². The van der Waals surface area contributed by atoms with E-state index >= 15 is 0 Å². The Morgan fingerprint density at radius 1 is 1.19 bits per heavy atom. The third-order valence-corrected chi connectivity index (χ3v) is 2.18. The molecule has 1 rings (SSSR count). The van der Waals surface area contributed by atoms with E-state index in [4.69, 9.17) is 5.11 Å². The van der Waals surface area contributed by atoms with Crippen LogP contribution in [-0.4, -0.2) is 18.3 Å². The highest BCUT2D eigenvalue weighted by Crippen LogP contribution is 2.20. The van der Waals surface area contributed by atoms with Crippen molar-refractivity contribution in [3.63, 3.8) is 0 Å². The molecule has 0 heterocycles. The van der Waals surface area contributed by atoms with Crippen molar-refractivity contribution in [2.45, 2.75) is 13.8 Å². The molecule has 0 radical (unpaired) electrons. The van der Waals surface area contributed by atoms with Crippen LogP contribution < -0.4 is 5.32 Å². The van der Waals surface area contributed by atoms with Crippen molar-refractivity contribution in [1.82, 2.24) is 0 Å². The molecule has 1 aromatic rings. The number of aliphatic hydroxyl groups is 1. The van der Waals surface area contributed by atoms with Crippen LogP contribution in [0.25, 0.3) is 0 Å². The standard InChI is InChI=1S/C11H14F3NO/c1-11(2,6-16)5-15-7-3-8(12)10(14)9(13)4-7/h3-4,15-16H,5-6H2,1-2H3. The Hall–Kier alpha value is -1.23. The quantitative estimate of drug-likeness (QED) is 0.783. The first-order valence-corrected chi connectivity index (χ1v) is 4.85. The summed E-state index contributed by atoms with van der Waals surface area (Å²) in [6.07, 6.45) is 0. The van der Waals surface area contributed by atoms with Gasteiger partial charge < -0.3 is 10.4 Å². The molecule has 2 N–H and O–H groups in total. The molecule has 0 aliphatic carbocycles. The molecule has 0 bridgehead atoms. The van der Waals surface area contributed by atoms with Gasteiger partial charge in [-0.05, 0) is 0 Å². The van der Waals surface area contributed by atoms with E-state index in [2.05, 4.69) is 5.32 Å². The van der Waals surface area contributed by atoms with Crippen LogP contribution in [0.15, 0.2) is 12.1 Å². The first-order chi connectivity index (χ1) is 7.35. The summed E-state index contributed by atoms with van der Waals surface area (Å²) in [7, 11) is 0. The van der Waals surface area contributed by atoms with Crippen LogP contribution >= 0.6 is 0 Å². The molecule has 0 aliphatic heterocycles. The maximum atomic E-state index is 12.8. The van der Waals surface area contributed by atoms with Crippen LogP contribution in [-0.2, 0) is 0 Å². The molecule has 0 saturated heterocycles. The van der Waals surface area contributed by atoms with Gasteiger partial charge in [-0.15, -0.1) is 0 Å². The molecule has 0 fully saturated rings. The Balaban J connectivity index is 2.76. The topological polar surface area (TPSA) is 32.3 Å². The predicted octanol–water partition coefficient (Wildman–Crippen LogP) is 2.53. The Morgan fingerprint density at radius 3 is 2.12 bits per heavy atom. The Morgan fingerprint density at radius 2 is 1.69 bits per heavy atom. The number of halogens is 3. The van der Waals surface area contributed by atoms with Crippen LogP contribution in [0, 0.1) is 22.9 Å². The van der Waals surface area contributed by atoms with E-state index in [1.54, 1.807) is 13.8 Å². The fraction of sp³-hybridized carbons (Fsp3) is 0.455. The van der Waals surface area contributed by atoms with Gasteiger partial charge in [0.1, 0.15) is 0 Å². The lowest BCUT2D eigenvalue weighted by molar-refractivity contribution is 0.171. The van der Waals surface area contributed by atoms with Gasteiger partial charge in [-0.2, -0.15) is 0 Å². The van der Waals surface area contributed by atoms with Gasteiger partial charge in [-0.25, -0.2) is 13.2 Å². The Kier molecular flexibility index (Phi) is 3.80. The van der Waals surface area contributed by atoms with Crippen molar-refractivity contribution in [3.05, 3.63) is 29.6 Å². The number of hydrogen-bond donors (Lipinski definition) is 2. The average Bonchev–Trinajstić information content (AvgIpc) is 2.23. The summed E-state index contributed by atoms with van der Waals surface area (Å²) >= 11 is 0. The van der Waals surface area contributed by atoms with E-state index in [-0.39, 0.29) is 12.3 Å². The Labute approximate surface area is 92.1 Å². The molecule has 16 heavy (non-hydrogen) atoms. The van der Waals surface area contributed by atoms with Crippen LogP contribution in [0.1, 0.15) is 13.8 Å². The molecule has 2 nitrogen and oxygen atoms in total. The van der Waals surface area contributed by atoms with Gasteiger partial charge >= 0.3 is 0 Å². The van der Waals surface area contributed by atoms with Crippen molar-refractivity contribution < 1.29 is 18.3 Å². The van der Waals surface area contributed by atoms with Crippen molar-refractivity contribution in [2.75, 3.05) is 18.5 Å². The third kappa shape index (κ3) is 3.13. The van der Waals surface area contributed by atoms with Crippen LogP contribution in [0.5, 0.6) is 0 Å². The minimum absolute atomic E-state index is 0.0633. The fourth-order valence-corrected chi connectivity index (χ4v) is 1.05. The lowest BCUT2D eigenvalue weighted by atomic mass is 9.95. The van der Waals surface area contributed by atoms with Crippen LogP contribution in [0.4, 0.5) is 18.9 Å². The van der Waals surface area contributed by atoms with E-state index in [0.29, 0.717) is 6.54 Å². The van der Waals surface area contributed by atoms with Crippen molar-refractivity contribution in [1.29, 1.82) is 0 Å². The highest BCUT2D eigenvalue weighted by atomic mass is 19.2. The minimum Gasteiger partial charge on any atom is -0.396 e. The molecule has 0 amide bonds. The van der Waals surface area contributed by atoms with Crippen molar-refractivity contribution in [3.8, 4) is 0 Å². The second-order valence-corrected chi connectivity index (χ2v) is 4.43. The monoisotopic (exact) mass is 233 g/mol. The van der Waals surface area contributed by atoms with Gasteiger partial charge in [0, 0.05) is 36.4 Å². The summed E-state index contributed by atoms with van der Waals surface area (Å²) < 4.78 is 38.3.